The predicted octanol–water partition coefficient (Wildman–Crippen LogP) is 6.45. The molecule has 0 radical (unpaired) electrons. The molecule has 220 valence electrons. The van der Waals surface area contributed by atoms with E-state index in [1.54, 1.807) is 68.1 Å². The second-order valence-corrected chi connectivity index (χ2v) is 11.4. The quantitative estimate of drug-likeness (QED) is 0.318. The molecule has 0 aromatic heterocycles. The Hall–Kier alpha value is -4.37. The Labute approximate surface area is 250 Å². The van der Waals surface area contributed by atoms with E-state index >= 15 is 0 Å². The number of aryl methyl sites for hydroxylation is 1. The fourth-order valence-corrected chi connectivity index (χ4v) is 4.91. The van der Waals surface area contributed by atoms with Gasteiger partial charge in [0.05, 0.1) is 16.3 Å². The lowest BCUT2D eigenvalue weighted by Crippen LogP contribution is -2.36. The van der Waals surface area contributed by atoms with Gasteiger partial charge in [0, 0.05) is 23.4 Å². The average molecular weight is 592 g/mol. The smallest absolute Gasteiger partial charge is 0.408 e. The van der Waals surface area contributed by atoms with Crippen LogP contribution in [0.1, 0.15) is 71.6 Å². The lowest BCUT2D eigenvalue weighted by atomic mass is 10.0. The van der Waals surface area contributed by atoms with Crippen LogP contribution in [-0.4, -0.2) is 42.6 Å². The molecule has 0 fully saturated rings. The minimum Gasteiger partial charge on any atom is -0.456 e. The zero-order valence-electron chi connectivity index (χ0n) is 24.0. The van der Waals surface area contributed by atoms with E-state index in [9.17, 15) is 19.2 Å². The first kappa shape index (κ1) is 30.6. The topological polar surface area (TPSA) is 114 Å². The highest BCUT2D eigenvalue weighted by molar-refractivity contribution is 6.35. The van der Waals surface area contributed by atoms with Crippen molar-refractivity contribution in [3.05, 3.63) is 94.0 Å². The Morgan fingerprint density at radius 2 is 1.69 bits per heavy atom. The van der Waals surface area contributed by atoms with Crippen molar-refractivity contribution in [1.29, 1.82) is 0 Å². The van der Waals surface area contributed by atoms with Gasteiger partial charge in [-0.15, -0.1) is 0 Å². The van der Waals surface area contributed by atoms with Gasteiger partial charge in [0.2, 0.25) is 0 Å². The number of rotatable bonds is 6. The van der Waals surface area contributed by atoms with Gasteiger partial charge in [0.15, 0.2) is 0 Å². The van der Waals surface area contributed by atoms with Crippen molar-refractivity contribution in [3.8, 4) is 0 Å². The Kier molecular flexibility index (Phi) is 9.52. The molecule has 0 aliphatic carbocycles. The number of ether oxygens (including phenoxy) is 2. The average Bonchev–Trinajstić information content (AvgIpc) is 3.10. The van der Waals surface area contributed by atoms with E-state index in [1.165, 1.54) is 0 Å². The van der Waals surface area contributed by atoms with E-state index in [-0.39, 0.29) is 28.9 Å². The molecule has 2 N–H and O–H groups in total. The molecule has 0 saturated heterocycles. The summed E-state index contributed by atoms with van der Waals surface area (Å²) in [5, 5.41) is 5.44. The van der Waals surface area contributed by atoms with E-state index in [1.807, 2.05) is 31.2 Å². The maximum Gasteiger partial charge on any atom is 0.408 e. The SMILES string of the molecule is Cc1ccccc1C(=O)Nc1ccc(C(=O)N2CCCC(OC(=O)CNC(=O)OC(C)(C)C)c3ccccc32)c(Cl)c1. The van der Waals surface area contributed by atoms with Gasteiger partial charge in [-0.05, 0) is 76.4 Å². The van der Waals surface area contributed by atoms with Crippen molar-refractivity contribution >= 4 is 46.9 Å². The van der Waals surface area contributed by atoms with Crippen LogP contribution >= 0.6 is 11.6 Å². The number of fused-ring (bicyclic) bond motifs is 1. The molecule has 4 rings (SSSR count). The molecule has 0 bridgehead atoms. The number of hydrogen-bond acceptors (Lipinski definition) is 6. The maximum atomic E-state index is 13.7. The summed E-state index contributed by atoms with van der Waals surface area (Å²) in [6.07, 6.45) is -0.284. The number of carbonyl (C=O) groups is 4. The summed E-state index contributed by atoms with van der Waals surface area (Å²) in [6.45, 7) is 7.07. The molecule has 42 heavy (non-hydrogen) atoms. The van der Waals surface area contributed by atoms with Gasteiger partial charge in [-0.3, -0.25) is 14.4 Å². The summed E-state index contributed by atoms with van der Waals surface area (Å²) in [7, 11) is 0. The number of esters is 1. The zero-order chi connectivity index (χ0) is 30.4. The number of para-hydroxylation sites is 1. The monoisotopic (exact) mass is 591 g/mol. The Balaban J connectivity index is 1.47. The van der Waals surface area contributed by atoms with Gasteiger partial charge >= 0.3 is 12.1 Å². The lowest BCUT2D eigenvalue weighted by molar-refractivity contribution is -0.148. The number of anilines is 2. The van der Waals surface area contributed by atoms with Crippen LogP contribution in [0, 0.1) is 6.92 Å². The highest BCUT2D eigenvalue weighted by Crippen LogP contribution is 2.36. The van der Waals surface area contributed by atoms with Gasteiger partial charge in [-0.25, -0.2) is 4.79 Å². The molecule has 3 aromatic rings. The van der Waals surface area contributed by atoms with Crippen molar-refractivity contribution in [1.82, 2.24) is 5.32 Å². The molecule has 1 atom stereocenters. The van der Waals surface area contributed by atoms with Gasteiger partial charge in [-0.1, -0.05) is 48.0 Å². The van der Waals surface area contributed by atoms with E-state index in [2.05, 4.69) is 10.6 Å². The molecule has 0 saturated carbocycles. The van der Waals surface area contributed by atoms with Crippen LogP contribution in [0.2, 0.25) is 5.02 Å². The third-order valence-electron chi connectivity index (χ3n) is 6.56. The molecular weight excluding hydrogens is 558 g/mol. The Morgan fingerprint density at radius 3 is 2.40 bits per heavy atom. The third-order valence-corrected chi connectivity index (χ3v) is 6.88. The summed E-state index contributed by atoms with van der Waals surface area (Å²) in [5.41, 5.74) is 2.72. The maximum absolute atomic E-state index is 13.7. The summed E-state index contributed by atoms with van der Waals surface area (Å²) in [6, 6.07) is 19.3. The summed E-state index contributed by atoms with van der Waals surface area (Å²) >= 11 is 6.56. The summed E-state index contributed by atoms with van der Waals surface area (Å²) in [4.78, 5) is 52.6. The number of hydrogen-bond donors (Lipinski definition) is 2. The molecule has 3 amide bonds. The van der Waals surface area contributed by atoms with Crippen molar-refractivity contribution in [2.75, 3.05) is 23.3 Å². The van der Waals surface area contributed by atoms with Gasteiger partial charge in [-0.2, -0.15) is 0 Å². The molecule has 1 heterocycles. The lowest BCUT2D eigenvalue weighted by Gasteiger charge is -2.25. The number of nitrogens with one attached hydrogen (secondary N) is 2. The van der Waals surface area contributed by atoms with Crippen molar-refractivity contribution in [2.45, 2.75) is 52.2 Å². The van der Waals surface area contributed by atoms with Gasteiger partial charge in [0.25, 0.3) is 11.8 Å². The molecule has 0 spiro atoms. The van der Waals surface area contributed by atoms with E-state index < -0.39 is 23.8 Å². The first-order valence-electron chi connectivity index (χ1n) is 13.7. The second-order valence-electron chi connectivity index (χ2n) is 11.0. The van der Waals surface area contributed by atoms with Gasteiger partial charge in [0.1, 0.15) is 18.2 Å². The first-order chi connectivity index (χ1) is 19.9. The number of carbonyl (C=O) groups excluding carboxylic acids is 4. The van der Waals surface area contributed by atoms with E-state index in [4.69, 9.17) is 21.1 Å². The molecule has 1 aliphatic rings. The number of amides is 3. The van der Waals surface area contributed by atoms with Crippen LogP contribution in [0.4, 0.5) is 16.2 Å². The normalized spacial score (nSPS) is 14.7. The second kappa shape index (κ2) is 13.1. The summed E-state index contributed by atoms with van der Waals surface area (Å²) < 4.78 is 10.9. The van der Waals surface area contributed by atoms with E-state index in [0.717, 1.165) is 5.56 Å². The minimum atomic E-state index is -0.713. The van der Waals surface area contributed by atoms with Crippen LogP contribution in [-0.2, 0) is 14.3 Å². The van der Waals surface area contributed by atoms with Crippen molar-refractivity contribution in [2.24, 2.45) is 0 Å². The molecule has 1 unspecified atom stereocenters. The Morgan fingerprint density at radius 1 is 0.976 bits per heavy atom. The van der Waals surface area contributed by atoms with E-state index in [0.29, 0.717) is 41.9 Å². The standard InChI is InChI=1S/C32H34ClN3O6/c1-20-10-5-6-11-22(20)29(38)35-21-15-16-23(25(33)18-21)30(39)36-17-9-14-27(24-12-7-8-13-26(24)36)41-28(37)19-34-31(40)42-32(2,3)4/h5-8,10-13,15-16,18,27H,9,14,17,19H2,1-4H3,(H,34,40)(H,35,38). The van der Waals surface area contributed by atoms with Crippen LogP contribution < -0.4 is 15.5 Å². The number of nitrogens with zero attached hydrogens (tertiary/aromatic N) is 1. The third kappa shape index (κ3) is 7.67. The van der Waals surface area contributed by atoms with Crippen LogP contribution in [0.15, 0.2) is 66.7 Å². The number of benzene rings is 3. The van der Waals surface area contributed by atoms with Crippen LogP contribution in [0.25, 0.3) is 0 Å². The molecule has 10 heteroatoms. The largest absolute Gasteiger partial charge is 0.456 e. The molecule has 1 aliphatic heterocycles. The predicted molar refractivity (Wildman–Crippen MR) is 161 cm³/mol. The van der Waals surface area contributed by atoms with Crippen molar-refractivity contribution in [3.63, 3.8) is 0 Å². The highest BCUT2D eigenvalue weighted by atomic mass is 35.5. The molecule has 9 nitrogen and oxygen atoms in total. The molecular formula is C32H34ClN3O6. The number of alkyl carbamates (subject to hydrolysis) is 1. The minimum absolute atomic E-state index is 0.195. The van der Waals surface area contributed by atoms with Crippen LogP contribution in [0.5, 0.6) is 0 Å². The fraction of sp³-hybridized carbons (Fsp3) is 0.312. The fourth-order valence-electron chi connectivity index (χ4n) is 4.65. The first-order valence-corrected chi connectivity index (χ1v) is 14.0. The molecule has 3 aromatic carbocycles. The van der Waals surface area contributed by atoms with Gasteiger partial charge < -0.3 is 25.0 Å². The number of halogens is 1. The zero-order valence-corrected chi connectivity index (χ0v) is 24.8. The van der Waals surface area contributed by atoms with Crippen molar-refractivity contribution < 1.29 is 28.7 Å². The summed E-state index contributed by atoms with van der Waals surface area (Å²) in [5.74, 6) is -1.21. The Bertz CT molecular complexity index is 1500. The van der Waals surface area contributed by atoms with Crippen LogP contribution in [0.3, 0.4) is 0 Å². The highest BCUT2D eigenvalue weighted by Gasteiger charge is 2.30.